The molecule has 0 aliphatic carbocycles. The lowest BCUT2D eigenvalue weighted by Gasteiger charge is -2.14. The lowest BCUT2D eigenvalue weighted by molar-refractivity contribution is -0.144. The van der Waals surface area contributed by atoms with Crippen molar-refractivity contribution < 1.29 is 23.5 Å². The Morgan fingerprint density at radius 1 is 1.28 bits per heavy atom. The number of fused-ring (bicyclic) bond motifs is 1. The van der Waals surface area contributed by atoms with Crippen molar-refractivity contribution in [3.8, 4) is 5.75 Å². The number of hydrogen-bond acceptors (Lipinski definition) is 6. The molecule has 0 spiro atoms. The first-order chi connectivity index (χ1) is 11.8. The van der Waals surface area contributed by atoms with Crippen molar-refractivity contribution in [3.05, 3.63) is 39.7 Å². The van der Waals surface area contributed by atoms with Crippen LogP contribution in [0.25, 0.3) is 11.0 Å². The molecular weight excluding hydrogens is 326 g/mol. The molecule has 134 valence electrons. The van der Waals surface area contributed by atoms with E-state index in [1.54, 1.807) is 6.07 Å². The number of aryl methyl sites for hydroxylation is 2. The summed E-state index contributed by atoms with van der Waals surface area (Å²) < 4.78 is 15.3. The van der Waals surface area contributed by atoms with Crippen LogP contribution in [-0.2, 0) is 20.7 Å². The topological polar surface area (TPSA) is 94.8 Å². The van der Waals surface area contributed by atoms with Crippen LogP contribution in [-0.4, -0.2) is 31.6 Å². The number of ether oxygens (including phenoxy) is 2. The minimum absolute atomic E-state index is 0.268. The molecule has 0 bridgehead atoms. The lowest BCUT2D eigenvalue weighted by Crippen LogP contribution is -2.41. The maximum Gasteiger partial charge on any atom is 0.336 e. The van der Waals surface area contributed by atoms with Gasteiger partial charge in [-0.25, -0.2) is 9.59 Å². The van der Waals surface area contributed by atoms with Crippen molar-refractivity contribution in [2.75, 3.05) is 13.7 Å². The van der Waals surface area contributed by atoms with Crippen LogP contribution >= 0.6 is 0 Å². The molecule has 1 heterocycles. The standard InChI is InChI=1S/C18H21NO6/c1-5-12-7-13-10(2)6-17(21)25-15(13)8-14(12)24-9-16(20)19-11(3)18(22)23-4/h6-8,11H,5,9H2,1-4H3,(H,19,20). The fourth-order valence-corrected chi connectivity index (χ4v) is 2.46. The number of rotatable bonds is 6. The van der Waals surface area contributed by atoms with E-state index in [2.05, 4.69) is 10.1 Å². The Kier molecular flexibility index (Phi) is 5.80. The predicted octanol–water partition coefficient (Wildman–Crippen LogP) is 1.72. The van der Waals surface area contributed by atoms with Crippen molar-refractivity contribution >= 4 is 22.8 Å². The Hall–Kier alpha value is -2.83. The minimum Gasteiger partial charge on any atom is -0.483 e. The Morgan fingerprint density at radius 3 is 2.64 bits per heavy atom. The third kappa shape index (κ3) is 4.37. The van der Waals surface area contributed by atoms with E-state index in [0.29, 0.717) is 17.8 Å². The zero-order chi connectivity index (χ0) is 18.6. The van der Waals surface area contributed by atoms with Gasteiger partial charge < -0.3 is 19.2 Å². The van der Waals surface area contributed by atoms with Crippen molar-refractivity contribution in [2.24, 2.45) is 0 Å². The van der Waals surface area contributed by atoms with Crippen LogP contribution in [0.4, 0.5) is 0 Å². The zero-order valence-corrected chi connectivity index (χ0v) is 14.7. The van der Waals surface area contributed by atoms with E-state index in [1.165, 1.54) is 20.1 Å². The first-order valence-corrected chi connectivity index (χ1v) is 7.93. The van der Waals surface area contributed by atoms with E-state index in [0.717, 1.165) is 16.5 Å². The molecule has 1 N–H and O–H groups in total. The van der Waals surface area contributed by atoms with E-state index >= 15 is 0 Å². The van der Waals surface area contributed by atoms with Crippen LogP contribution in [0.2, 0.25) is 0 Å². The van der Waals surface area contributed by atoms with Gasteiger partial charge in [-0.15, -0.1) is 0 Å². The molecule has 1 aromatic heterocycles. The van der Waals surface area contributed by atoms with E-state index in [9.17, 15) is 14.4 Å². The maximum atomic E-state index is 11.9. The summed E-state index contributed by atoms with van der Waals surface area (Å²) in [6, 6.07) is 4.17. The minimum atomic E-state index is -0.760. The number of benzene rings is 1. The van der Waals surface area contributed by atoms with Crippen LogP contribution in [0, 0.1) is 6.92 Å². The van der Waals surface area contributed by atoms with Gasteiger partial charge in [-0.1, -0.05) is 6.92 Å². The van der Waals surface area contributed by atoms with Gasteiger partial charge in [-0.2, -0.15) is 0 Å². The van der Waals surface area contributed by atoms with Crippen LogP contribution < -0.4 is 15.7 Å². The second kappa shape index (κ2) is 7.83. The van der Waals surface area contributed by atoms with Crippen LogP contribution in [0.15, 0.2) is 27.4 Å². The highest BCUT2D eigenvalue weighted by Crippen LogP contribution is 2.27. The fraction of sp³-hybridized carbons (Fsp3) is 0.389. The molecule has 1 unspecified atom stereocenters. The molecule has 2 aromatic rings. The molecular formula is C18H21NO6. The molecule has 0 radical (unpaired) electrons. The molecule has 2 rings (SSSR count). The summed E-state index contributed by atoms with van der Waals surface area (Å²) in [6.07, 6.45) is 0.685. The summed E-state index contributed by atoms with van der Waals surface area (Å²) in [6.45, 7) is 5.05. The average Bonchev–Trinajstić information content (AvgIpc) is 2.58. The number of esters is 1. The zero-order valence-electron chi connectivity index (χ0n) is 14.7. The van der Waals surface area contributed by atoms with Gasteiger partial charge in [-0.3, -0.25) is 4.79 Å². The molecule has 7 nitrogen and oxygen atoms in total. The molecule has 7 heteroatoms. The Morgan fingerprint density at radius 2 is 2.00 bits per heavy atom. The molecule has 1 aromatic carbocycles. The van der Waals surface area contributed by atoms with Crippen molar-refractivity contribution in [3.63, 3.8) is 0 Å². The number of amides is 1. The second-order valence-electron chi connectivity index (χ2n) is 5.66. The van der Waals surface area contributed by atoms with Gasteiger partial charge in [-0.05, 0) is 37.5 Å². The first-order valence-electron chi connectivity index (χ1n) is 7.93. The number of carbonyl (C=O) groups excluding carboxylic acids is 2. The Balaban J connectivity index is 2.18. The van der Waals surface area contributed by atoms with Gasteiger partial charge >= 0.3 is 11.6 Å². The van der Waals surface area contributed by atoms with Crippen molar-refractivity contribution in [1.29, 1.82) is 0 Å². The smallest absolute Gasteiger partial charge is 0.336 e. The largest absolute Gasteiger partial charge is 0.483 e. The molecule has 0 saturated heterocycles. The van der Waals surface area contributed by atoms with Gasteiger partial charge in [0.1, 0.15) is 17.4 Å². The van der Waals surface area contributed by atoms with E-state index in [4.69, 9.17) is 9.15 Å². The highest BCUT2D eigenvalue weighted by atomic mass is 16.5. The summed E-state index contributed by atoms with van der Waals surface area (Å²) in [5.74, 6) is -0.527. The molecule has 0 saturated carbocycles. The summed E-state index contributed by atoms with van der Waals surface area (Å²) in [4.78, 5) is 34.7. The van der Waals surface area contributed by atoms with Gasteiger partial charge in [0.25, 0.3) is 5.91 Å². The van der Waals surface area contributed by atoms with Gasteiger partial charge in [0.15, 0.2) is 6.61 Å². The van der Waals surface area contributed by atoms with Gasteiger partial charge in [0.2, 0.25) is 0 Å². The fourth-order valence-electron chi connectivity index (χ4n) is 2.46. The monoisotopic (exact) mass is 347 g/mol. The Labute approximate surface area is 144 Å². The summed E-state index contributed by atoms with van der Waals surface area (Å²) >= 11 is 0. The Bertz CT molecular complexity index is 855. The van der Waals surface area contributed by atoms with E-state index in [-0.39, 0.29) is 6.61 Å². The summed E-state index contributed by atoms with van der Waals surface area (Å²) in [5.41, 5.74) is 1.67. The summed E-state index contributed by atoms with van der Waals surface area (Å²) in [7, 11) is 1.25. The quantitative estimate of drug-likeness (QED) is 0.631. The molecule has 0 aliphatic rings. The normalized spacial score (nSPS) is 11.8. The SMILES string of the molecule is CCc1cc2c(C)cc(=O)oc2cc1OCC(=O)NC(C)C(=O)OC. The molecule has 0 fully saturated rings. The van der Waals surface area contributed by atoms with E-state index in [1.807, 2.05) is 19.9 Å². The van der Waals surface area contributed by atoms with Gasteiger partial charge in [0.05, 0.1) is 7.11 Å². The predicted molar refractivity (Wildman–Crippen MR) is 91.7 cm³/mol. The third-order valence-corrected chi connectivity index (χ3v) is 3.80. The molecule has 0 aliphatic heterocycles. The van der Waals surface area contributed by atoms with E-state index < -0.39 is 23.5 Å². The van der Waals surface area contributed by atoms with Crippen molar-refractivity contribution in [1.82, 2.24) is 5.32 Å². The lowest BCUT2D eigenvalue weighted by atomic mass is 10.1. The number of carbonyl (C=O) groups is 2. The molecule has 1 amide bonds. The number of hydrogen-bond donors (Lipinski definition) is 1. The number of methoxy groups -OCH3 is 1. The van der Waals surface area contributed by atoms with Crippen LogP contribution in [0.1, 0.15) is 25.0 Å². The van der Waals surface area contributed by atoms with Crippen molar-refractivity contribution in [2.45, 2.75) is 33.2 Å². The maximum absolute atomic E-state index is 11.9. The summed E-state index contributed by atoms with van der Waals surface area (Å²) in [5, 5.41) is 3.31. The third-order valence-electron chi connectivity index (χ3n) is 3.80. The molecule has 1 atom stereocenters. The van der Waals surface area contributed by atoms with Crippen LogP contribution in [0.3, 0.4) is 0 Å². The van der Waals surface area contributed by atoms with Crippen LogP contribution in [0.5, 0.6) is 5.75 Å². The van der Waals surface area contributed by atoms with Gasteiger partial charge in [0, 0.05) is 17.5 Å². The molecule has 25 heavy (non-hydrogen) atoms. The highest BCUT2D eigenvalue weighted by molar-refractivity contribution is 5.85. The second-order valence-corrected chi connectivity index (χ2v) is 5.66. The average molecular weight is 347 g/mol. The highest BCUT2D eigenvalue weighted by Gasteiger charge is 2.17. The first kappa shape index (κ1) is 18.5. The number of nitrogens with one attached hydrogen (secondary N) is 1.